The van der Waals surface area contributed by atoms with Crippen molar-refractivity contribution in [1.82, 2.24) is 0 Å². The molecule has 1 aromatic carbocycles. The summed E-state index contributed by atoms with van der Waals surface area (Å²) in [6, 6.07) is 0. The highest BCUT2D eigenvalue weighted by atomic mass is 19.2. The number of rotatable bonds is 6. The Labute approximate surface area is 99.6 Å². The smallest absolute Gasteiger partial charge is 0.206 e. The Morgan fingerprint density at radius 3 is 1.83 bits per heavy atom. The fourth-order valence-corrected chi connectivity index (χ4v) is 1.11. The molecule has 0 radical (unpaired) electrons. The van der Waals surface area contributed by atoms with Gasteiger partial charge in [0, 0.05) is 6.42 Å². The number of hydrogen-bond donors (Lipinski definition) is 0. The molecule has 0 aromatic heterocycles. The van der Waals surface area contributed by atoms with Crippen LogP contribution in [0.15, 0.2) is 12.8 Å². The number of halogens is 5. The van der Waals surface area contributed by atoms with Crippen molar-refractivity contribution in [3.8, 4) is 5.75 Å². The van der Waals surface area contributed by atoms with Crippen LogP contribution in [-0.2, 0) is 4.74 Å². The summed E-state index contributed by atoms with van der Waals surface area (Å²) in [5.41, 5.74) is 0. The zero-order chi connectivity index (χ0) is 13.7. The van der Waals surface area contributed by atoms with E-state index in [0.29, 0.717) is 0 Å². The fourth-order valence-electron chi connectivity index (χ4n) is 1.11. The minimum absolute atomic E-state index is 0.152. The van der Waals surface area contributed by atoms with Crippen LogP contribution in [0.2, 0.25) is 0 Å². The van der Waals surface area contributed by atoms with Crippen molar-refractivity contribution >= 4 is 0 Å². The maximum atomic E-state index is 13.1. The molecule has 0 fully saturated rings. The van der Waals surface area contributed by atoms with E-state index in [1.165, 1.54) is 0 Å². The molecular weight excluding hydrogens is 259 g/mol. The summed E-state index contributed by atoms with van der Waals surface area (Å²) in [7, 11) is 0. The third-order valence-electron chi connectivity index (χ3n) is 1.94. The van der Waals surface area contributed by atoms with Gasteiger partial charge in [-0.1, -0.05) is 6.58 Å². The van der Waals surface area contributed by atoms with Gasteiger partial charge in [-0.2, -0.15) is 8.78 Å². The molecular formula is C11H9F5O2. The van der Waals surface area contributed by atoms with Crippen molar-refractivity contribution in [2.75, 3.05) is 13.2 Å². The van der Waals surface area contributed by atoms with Gasteiger partial charge in [0.15, 0.2) is 5.75 Å². The van der Waals surface area contributed by atoms with Gasteiger partial charge in [0.05, 0.1) is 19.5 Å². The Hall–Kier alpha value is -1.79. The highest BCUT2D eigenvalue weighted by Gasteiger charge is 2.26. The molecule has 1 aromatic rings. The van der Waals surface area contributed by atoms with Gasteiger partial charge in [0.1, 0.15) is 0 Å². The van der Waals surface area contributed by atoms with Crippen LogP contribution < -0.4 is 4.74 Å². The van der Waals surface area contributed by atoms with Gasteiger partial charge in [-0.15, -0.1) is 0 Å². The summed E-state index contributed by atoms with van der Waals surface area (Å²) >= 11 is 0. The average molecular weight is 268 g/mol. The summed E-state index contributed by atoms with van der Waals surface area (Å²) < 4.78 is 73.6. The minimum atomic E-state index is -2.22. The highest BCUT2D eigenvalue weighted by Crippen LogP contribution is 2.29. The number of benzene rings is 1. The summed E-state index contributed by atoms with van der Waals surface area (Å²) in [4.78, 5) is 0. The Morgan fingerprint density at radius 2 is 1.33 bits per heavy atom. The van der Waals surface area contributed by atoms with Gasteiger partial charge in [-0.3, -0.25) is 0 Å². The van der Waals surface area contributed by atoms with E-state index in [0.717, 1.165) is 6.26 Å². The van der Waals surface area contributed by atoms with Gasteiger partial charge < -0.3 is 9.47 Å². The molecule has 100 valence electrons. The summed E-state index contributed by atoms with van der Waals surface area (Å²) in [6.45, 7) is 3.15. The van der Waals surface area contributed by atoms with Crippen molar-refractivity contribution in [2.24, 2.45) is 0 Å². The molecule has 0 saturated heterocycles. The number of ether oxygens (including phenoxy) is 2. The van der Waals surface area contributed by atoms with E-state index in [4.69, 9.17) is 0 Å². The lowest BCUT2D eigenvalue weighted by Gasteiger charge is -2.09. The third-order valence-corrected chi connectivity index (χ3v) is 1.94. The van der Waals surface area contributed by atoms with Crippen molar-refractivity contribution < 1.29 is 31.4 Å². The van der Waals surface area contributed by atoms with Crippen molar-refractivity contribution in [3.63, 3.8) is 0 Å². The quantitative estimate of drug-likeness (QED) is 0.259. The lowest BCUT2D eigenvalue weighted by atomic mass is 10.2. The van der Waals surface area contributed by atoms with Gasteiger partial charge in [-0.25, -0.2) is 13.2 Å². The molecule has 0 aliphatic carbocycles. The standard InChI is InChI=1S/C11H9F5O2/c1-2-17-4-3-5-18-11-9(15)7(13)6(12)8(14)10(11)16/h2H,1,3-5H2. The molecule has 0 aliphatic heterocycles. The van der Waals surface area contributed by atoms with Crippen LogP contribution in [0.3, 0.4) is 0 Å². The first kappa shape index (κ1) is 14.3. The second kappa shape index (κ2) is 6.23. The maximum Gasteiger partial charge on any atom is 0.206 e. The molecule has 0 spiro atoms. The minimum Gasteiger partial charge on any atom is -0.502 e. The van der Waals surface area contributed by atoms with Crippen LogP contribution in [0.4, 0.5) is 22.0 Å². The predicted octanol–water partition coefficient (Wildman–Crippen LogP) is 3.31. The molecule has 0 amide bonds. The zero-order valence-electron chi connectivity index (χ0n) is 9.11. The van der Waals surface area contributed by atoms with Gasteiger partial charge in [0.25, 0.3) is 0 Å². The van der Waals surface area contributed by atoms with E-state index in [-0.39, 0.29) is 19.6 Å². The largest absolute Gasteiger partial charge is 0.502 e. The van der Waals surface area contributed by atoms with E-state index in [2.05, 4.69) is 16.1 Å². The molecule has 0 aliphatic rings. The van der Waals surface area contributed by atoms with Crippen molar-refractivity contribution in [1.29, 1.82) is 0 Å². The molecule has 0 heterocycles. The molecule has 0 N–H and O–H groups in total. The normalized spacial score (nSPS) is 10.3. The Bertz CT molecular complexity index is 419. The van der Waals surface area contributed by atoms with Gasteiger partial charge in [-0.05, 0) is 0 Å². The summed E-state index contributed by atoms with van der Waals surface area (Å²) in [5.74, 6) is -11.6. The predicted molar refractivity (Wildman–Crippen MR) is 52.5 cm³/mol. The van der Waals surface area contributed by atoms with Crippen LogP contribution >= 0.6 is 0 Å². The Balaban J connectivity index is 2.80. The van der Waals surface area contributed by atoms with E-state index in [1.54, 1.807) is 0 Å². The maximum absolute atomic E-state index is 13.1. The lowest BCUT2D eigenvalue weighted by molar-refractivity contribution is 0.198. The SMILES string of the molecule is C=COCCCOc1c(F)c(F)c(F)c(F)c1F. The highest BCUT2D eigenvalue weighted by molar-refractivity contribution is 5.29. The van der Waals surface area contributed by atoms with E-state index in [9.17, 15) is 22.0 Å². The molecule has 7 heteroatoms. The third kappa shape index (κ3) is 2.91. The van der Waals surface area contributed by atoms with Crippen molar-refractivity contribution in [3.05, 3.63) is 41.9 Å². The monoisotopic (exact) mass is 268 g/mol. The summed E-state index contributed by atoms with van der Waals surface area (Å²) in [6.07, 6.45) is 1.35. The first-order chi connectivity index (χ1) is 8.50. The first-order valence-electron chi connectivity index (χ1n) is 4.87. The molecule has 0 bridgehead atoms. The van der Waals surface area contributed by atoms with Crippen LogP contribution in [0.25, 0.3) is 0 Å². The average Bonchev–Trinajstić information content (AvgIpc) is 2.37. The van der Waals surface area contributed by atoms with Crippen LogP contribution in [-0.4, -0.2) is 13.2 Å². The lowest BCUT2D eigenvalue weighted by Crippen LogP contribution is -2.09. The van der Waals surface area contributed by atoms with Gasteiger partial charge in [0.2, 0.25) is 29.1 Å². The molecule has 2 nitrogen and oxygen atoms in total. The van der Waals surface area contributed by atoms with E-state index >= 15 is 0 Å². The first-order valence-corrected chi connectivity index (χ1v) is 4.87. The van der Waals surface area contributed by atoms with Gasteiger partial charge >= 0.3 is 0 Å². The Morgan fingerprint density at radius 1 is 0.833 bits per heavy atom. The second-order valence-corrected chi connectivity index (χ2v) is 3.14. The molecule has 0 atom stereocenters. The fraction of sp³-hybridized carbons (Fsp3) is 0.273. The van der Waals surface area contributed by atoms with Crippen molar-refractivity contribution in [2.45, 2.75) is 6.42 Å². The molecule has 0 unspecified atom stereocenters. The molecule has 0 saturated carbocycles. The molecule has 18 heavy (non-hydrogen) atoms. The topological polar surface area (TPSA) is 18.5 Å². The zero-order valence-corrected chi connectivity index (χ0v) is 9.11. The Kier molecular flexibility index (Phi) is 4.94. The van der Waals surface area contributed by atoms with Crippen LogP contribution in [0.5, 0.6) is 5.75 Å². The number of hydrogen-bond acceptors (Lipinski definition) is 2. The second-order valence-electron chi connectivity index (χ2n) is 3.14. The van der Waals surface area contributed by atoms with Crippen LogP contribution in [0, 0.1) is 29.1 Å². The van der Waals surface area contributed by atoms with E-state index < -0.39 is 34.8 Å². The van der Waals surface area contributed by atoms with E-state index in [1.807, 2.05) is 0 Å². The molecule has 1 rings (SSSR count). The van der Waals surface area contributed by atoms with Crippen LogP contribution in [0.1, 0.15) is 6.42 Å². The summed E-state index contributed by atoms with van der Waals surface area (Å²) in [5, 5.41) is 0.